The number of aromatic nitrogens is 3. The second-order valence-corrected chi connectivity index (χ2v) is 5.06. The van der Waals surface area contributed by atoms with E-state index < -0.39 is 0 Å². The minimum absolute atomic E-state index is 0.0369. The molecule has 1 fully saturated rings. The van der Waals surface area contributed by atoms with Crippen molar-refractivity contribution in [1.29, 1.82) is 5.26 Å². The predicted octanol–water partition coefficient (Wildman–Crippen LogP) is 1.86. The third kappa shape index (κ3) is 3.24. The Morgan fingerprint density at radius 2 is 2.05 bits per heavy atom. The number of rotatable bonds is 4. The van der Waals surface area contributed by atoms with Crippen molar-refractivity contribution in [1.82, 2.24) is 15.0 Å². The van der Waals surface area contributed by atoms with Gasteiger partial charge < -0.3 is 9.80 Å². The lowest BCUT2D eigenvalue weighted by Crippen LogP contribution is -2.31. The van der Waals surface area contributed by atoms with Crippen molar-refractivity contribution >= 4 is 23.5 Å². The molecule has 2 heterocycles. The van der Waals surface area contributed by atoms with Crippen LogP contribution in [-0.4, -0.2) is 41.1 Å². The molecule has 1 saturated heterocycles. The average Bonchev–Trinajstić information content (AvgIpc) is 2.91. The minimum Gasteiger partial charge on any atom is -0.341 e. The van der Waals surface area contributed by atoms with Gasteiger partial charge in [0, 0.05) is 26.2 Å². The van der Waals surface area contributed by atoms with Crippen molar-refractivity contribution in [3.05, 3.63) is 5.28 Å². The van der Waals surface area contributed by atoms with Gasteiger partial charge in [-0.05, 0) is 31.4 Å². The molecule has 0 aliphatic carbocycles. The van der Waals surface area contributed by atoms with E-state index in [4.69, 9.17) is 16.9 Å². The van der Waals surface area contributed by atoms with Gasteiger partial charge in [0.2, 0.25) is 17.2 Å². The molecule has 1 atom stereocenters. The van der Waals surface area contributed by atoms with Crippen LogP contribution >= 0.6 is 11.6 Å². The van der Waals surface area contributed by atoms with Gasteiger partial charge in [0.1, 0.15) is 0 Å². The molecule has 102 valence electrons. The Morgan fingerprint density at radius 3 is 2.68 bits per heavy atom. The van der Waals surface area contributed by atoms with Crippen LogP contribution in [0.15, 0.2) is 0 Å². The second kappa shape index (κ2) is 6.02. The molecule has 0 bridgehead atoms. The van der Waals surface area contributed by atoms with Gasteiger partial charge in [0.05, 0.1) is 12.5 Å². The summed E-state index contributed by atoms with van der Waals surface area (Å²) in [5, 5.41) is 8.95. The fourth-order valence-corrected chi connectivity index (χ4v) is 2.16. The molecule has 0 spiro atoms. The highest BCUT2D eigenvalue weighted by Crippen LogP contribution is 2.21. The summed E-state index contributed by atoms with van der Waals surface area (Å²) in [6.07, 6.45) is 2.72. The largest absolute Gasteiger partial charge is 0.341 e. The normalized spacial score (nSPS) is 16.2. The first kappa shape index (κ1) is 13.8. The van der Waals surface area contributed by atoms with Crippen molar-refractivity contribution in [2.45, 2.75) is 32.2 Å². The van der Waals surface area contributed by atoms with Gasteiger partial charge in [0.15, 0.2) is 0 Å². The first-order valence-electron chi connectivity index (χ1n) is 6.38. The summed E-state index contributed by atoms with van der Waals surface area (Å²) in [6.45, 7) is 3.87. The van der Waals surface area contributed by atoms with Crippen LogP contribution in [0.5, 0.6) is 0 Å². The Labute approximate surface area is 118 Å². The van der Waals surface area contributed by atoms with Crippen LogP contribution in [0.25, 0.3) is 0 Å². The molecule has 19 heavy (non-hydrogen) atoms. The van der Waals surface area contributed by atoms with Crippen LogP contribution in [0, 0.1) is 11.3 Å². The van der Waals surface area contributed by atoms with E-state index in [9.17, 15) is 0 Å². The van der Waals surface area contributed by atoms with Crippen LogP contribution in [0.3, 0.4) is 0 Å². The first-order chi connectivity index (χ1) is 9.11. The molecule has 1 aliphatic rings. The molecule has 0 amide bonds. The Balaban J connectivity index is 2.23. The molecule has 0 radical (unpaired) electrons. The number of hydrogen-bond donors (Lipinski definition) is 0. The zero-order valence-electron chi connectivity index (χ0n) is 11.2. The van der Waals surface area contributed by atoms with Crippen LogP contribution in [0.4, 0.5) is 11.9 Å². The molecular weight excluding hydrogens is 264 g/mol. The molecule has 1 aromatic heterocycles. The minimum atomic E-state index is 0.0369. The van der Waals surface area contributed by atoms with Crippen LogP contribution < -0.4 is 9.80 Å². The lowest BCUT2D eigenvalue weighted by molar-refractivity contribution is 0.679. The Bertz CT molecular complexity index is 480. The third-order valence-electron chi connectivity index (χ3n) is 3.34. The SMILES string of the molecule is CC(CC#N)N(C)c1nc(Cl)nc(N2CCCC2)n1. The number of hydrogen-bond acceptors (Lipinski definition) is 6. The summed E-state index contributed by atoms with van der Waals surface area (Å²) in [7, 11) is 1.86. The van der Waals surface area contributed by atoms with Gasteiger partial charge in [-0.1, -0.05) is 0 Å². The molecule has 2 rings (SSSR count). The summed E-state index contributed by atoms with van der Waals surface area (Å²) in [5.74, 6) is 1.15. The van der Waals surface area contributed by atoms with Crippen LogP contribution in [0.1, 0.15) is 26.2 Å². The lowest BCUT2D eigenvalue weighted by atomic mass is 10.2. The fraction of sp³-hybridized carbons (Fsp3) is 0.667. The second-order valence-electron chi connectivity index (χ2n) is 4.72. The third-order valence-corrected chi connectivity index (χ3v) is 3.51. The highest BCUT2D eigenvalue weighted by Gasteiger charge is 2.19. The summed E-state index contributed by atoms with van der Waals surface area (Å²) in [5.41, 5.74) is 0. The number of nitriles is 1. The van der Waals surface area contributed by atoms with E-state index in [0.29, 0.717) is 18.3 Å². The molecule has 0 saturated carbocycles. The number of halogens is 1. The van der Waals surface area contributed by atoms with E-state index in [1.54, 1.807) is 0 Å². The highest BCUT2D eigenvalue weighted by molar-refractivity contribution is 6.28. The maximum absolute atomic E-state index is 8.75. The summed E-state index contributed by atoms with van der Waals surface area (Å²) in [4.78, 5) is 16.7. The lowest BCUT2D eigenvalue weighted by Gasteiger charge is -2.24. The zero-order valence-corrected chi connectivity index (χ0v) is 11.9. The van der Waals surface area contributed by atoms with Gasteiger partial charge in [-0.25, -0.2) is 0 Å². The predicted molar refractivity (Wildman–Crippen MR) is 74.4 cm³/mol. The van der Waals surface area contributed by atoms with Crippen molar-refractivity contribution in [3.63, 3.8) is 0 Å². The van der Waals surface area contributed by atoms with Crippen LogP contribution in [0.2, 0.25) is 5.28 Å². The average molecular weight is 281 g/mol. The monoisotopic (exact) mass is 280 g/mol. The van der Waals surface area contributed by atoms with E-state index in [0.717, 1.165) is 25.9 Å². The molecular formula is C12H17ClN6. The summed E-state index contributed by atoms with van der Waals surface area (Å²) >= 11 is 5.97. The first-order valence-corrected chi connectivity index (χ1v) is 6.76. The van der Waals surface area contributed by atoms with Gasteiger partial charge in [-0.2, -0.15) is 20.2 Å². The smallest absolute Gasteiger partial charge is 0.231 e. The molecule has 0 N–H and O–H groups in total. The van der Waals surface area contributed by atoms with Crippen molar-refractivity contribution < 1.29 is 0 Å². The quantitative estimate of drug-likeness (QED) is 0.838. The Hall–Kier alpha value is -1.61. The molecule has 0 aromatic carbocycles. The zero-order chi connectivity index (χ0) is 13.8. The van der Waals surface area contributed by atoms with Gasteiger partial charge in [0.25, 0.3) is 0 Å². The molecule has 1 unspecified atom stereocenters. The topological polar surface area (TPSA) is 68.9 Å². The molecule has 7 heteroatoms. The Kier molecular flexibility index (Phi) is 4.38. The van der Waals surface area contributed by atoms with Gasteiger partial charge >= 0.3 is 0 Å². The maximum atomic E-state index is 8.75. The van der Waals surface area contributed by atoms with Crippen molar-refractivity contribution in [2.24, 2.45) is 0 Å². The van der Waals surface area contributed by atoms with E-state index in [1.807, 2.05) is 18.9 Å². The summed E-state index contributed by atoms with van der Waals surface area (Å²) in [6, 6.07) is 2.18. The summed E-state index contributed by atoms with van der Waals surface area (Å²) < 4.78 is 0. The van der Waals surface area contributed by atoms with Gasteiger partial charge in [-0.15, -0.1) is 0 Å². The number of anilines is 2. The van der Waals surface area contributed by atoms with E-state index in [1.165, 1.54) is 0 Å². The van der Waals surface area contributed by atoms with Crippen molar-refractivity contribution in [3.8, 4) is 6.07 Å². The van der Waals surface area contributed by atoms with E-state index >= 15 is 0 Å². The van der Waals surface area contributed by atoms with E-state index in [-0.39, 0.29) is 11.3 Å². The van der Waals surface area contributed by atoms with Crippen molar-refractivity contribution in [2.75, 3.05) is 29.9 Å². The number of nitrogens with zero attached hydrogens (tertiary/aromatic N) is 6. The molecule has 1 aliphatic heterocycles. The maximum Gasteiger partial charge on any atom is 0.231 e. The highest BCUT2D eigenvalue weighted by atomic mass is 35.5. The van der Waals surface area contributed by atoms with Gasteiger partial charge in [-0.3, -0.25) is 0 Å². The fourth-order valence-electron chi connectivity index (χ4n) is 2.01. The van der Waals surface area contributed by atoms with Crippen LogP contribution in [-0.2, 0) is 0 Å². The Morgan fingerprint density at radius 1 is 1.37 bits per heavy atom. The molecule has 1 aromatic rings. The standard InChI is InChI=1S/C12H17ClN6/c1-9(5-6-14)18(2)11-15-10(13)16-12(17-11)19-7-3-4-8-19/h9H,3-5,7-8H2,1-2H3. The molecule has 6 nitrogen and oxygen atoms in total. The van der Waals surface area contributed by atoms with E-state index in [2.05, 4.69) is 25.9 Å².